The van der Waals surface area contributed by atoms with Crippen LogP contribution in [0.15, 0.2) is 12.1 Å². The number of piperazine rings is 1. The topological polar surface area (TPSA) is 98.8 Å². The van der Waals surface area contributed by atoms with Crippen molar-refractivity contribution in [3.63, 3.8) is 0 Å². The van der Waals surface area contributed by atoms with Crippen LogP contribution in [0, 0.1) is 0 Å². The van der Waals surface area contributed by atoms with E-state index in [1.807, 2.05) is 11.0 Å². The van der Waals surface area contributed by atoms with Crippen LogP contribution in [0.25, 0.3) is 0 Å². The number of sulfonamides is 1. The van der Waals surface area contributed by atoms with Gasteiger partial charge >= 0.3 is 0 Å². The zero-order valence-corrected chi connectivity index (χ0v) is 17.1. The fourth-order valence-electron chi connectivity index (χ4n) is 2.96. The SMILES string of the molecule is CS(=O)(=O)NCCc1ccc(C(=O)N2CCN(CC(=O)NC3CC3)CC2)s1. The molecule has 150 valence electrons. The first kappa shape index (κ1) is 20.2. The molecular formula is C17H26N4O4S2. The predicted octanol–water partition coefficient (Wildman–Crippen LogP) is -0.124. The highest BCUT2D eigenvalue weighted by Gasteiger charge is 2.27. The fourth-order valence-corrected chi connectivity index (χ4v) is 4.40. The molecule has 1 saturated carbocycles. The summed E-state index contributed by atoms with van der Waals surface area (Å²) in [6.07, 6.45) is 3.86. The van der Waals surface area contributed by atoms with Gasteiger partial charge in [0.15, 0.2) is 0 Å². The van der Waals surface area contributed by atoms with Crippen molar-refractivity contribution in [2.24, 2.45) is 0 Å². The second-order valence-corrected chi connectivity index (χ2v) is 10.1. The Bertz CT molecular complexity index is 781. The zero-order chi connectivity index (χ0) is 19.4. The second kappa shape index (κ2) is 8.68. The molecule has 1 saturated heterocycles. The quantitative estimate of drug-likeness (QED) is 0.618. The molecule has 2 N–H and O–H groups in total. The Labute approximate surface area is 164 Å². The molecule has 1 aromatic heterocycles. The molecule has 2 aliphatic rings. The third-order valence-corrected chi connectivity index (χ3v) is 6.44. The largest absolute Gasteiger partial charge is 0.352 e. The van der Waals surface area contributed by atoms with Crippen LogP contribution in [0.4, 0.5) is 0 Å². The molecule has 2 amide bonds. The van der Waals surface area contributed by atoms with Gasteiger partial charge in [-0.2, -0.15) is 0 Å². The predicted molar refractivity (Wildman–Crippen MR) is 104 cm³/mol. The van der Waals surface area contributed by atoms with E-state index < -0.39 is 10.0 Å². The molecule has 3 rings (SSSR count). The summed E-state index contributed by atoms with van der Waals surface area (Å²) >= 11 is 1.41. The normalized spacial score (nSPS) is 18.5. The monoisotopic (exact) mass is 414 g/mol. The number of hydrogen-bond donors (Lipinski definition) is 2. The molecule has 2 heterocycles. The van der Waals surface area contributed by atoms with E-state index in [0.29, 0.717) is 56.6 Å². The van der Waals surface area contributed by atoms with Gasteiger partial charge in [-0.1, -0.05) is 0 Å². The Morgan fingerprint density at radius 2 is 1.89 bits per heavy atom. The number of carbonyl (C=O) groups excluding carboxylic acids is 2. The Hall–Kier alpha value is -1.49. The number of nitrogens with one attached hydrogen (secondary N) is 2. The maximum atomic E-state index is 12.7. The Balaban J connectivity index is 1.42. The maximum Gasteiger partial charge on any atom is 0.264 e. The Kier molecular flexibility index (Phi) is 6.51. The van der Waals surface area contributed by atoms with Crippen LogP contribution in [0.1, 0.15) is 27.4 Å². The number of nitrogens with zero attached hydrogens (tertiary/aromatic N) is 2. The summed E-state index contributed by atoms with van der Waals surface area (Å²) < 4.78 is 24.6. The van der Waals surface area contributed by atoms with Gasteiger partial charge in [0.25, 0.3) is 5.91 Å². The summed E-state index contributed by atoms with van der Waals surface area (Å²) in [6, 6.07) is 4.06. The van der Waals surface area contributed by atoms with Crippen molar-refractivity contribution in [1.82, 2.24) is 19.8 Å². The van der Waals surface area contributed by atoms with E-state index in [9.17, 15) is 18.0 Å². The first-order valence-electron chi connectivity index (χ1n) is 9.14. The number of hydrogen-bond acceptors (Lipinski definition) is 6. The third kappa shape index (κ3) is 6.56. The van der Waals surface area contributed by atoms with E-state index in [-0.39, 0.29) is 11.8 Å². The molecule has 27 heavy (non-hydrogen) atoms. The van der Waals surface area contributed by atoms with Gasteiger partial charge in [0.05, 0.1) is 17.7 Å². The van der Waals surface area contributed by atoms with Crippen molar-refractivity contribution in [3.8, 4) is 0 Å². The van der Waals surface area contributed by atoms with E-state index in [4.69, 9.17) is 0 Å². The maximum absolute atomic E-state index is 12.7. The van der Waals surface area contributed by atoms with Crippen molar-refractivity contribution in [2.75, 3.05) is 45.5 Å². The summed E-state index contributed by atoms with van der Waals surface area (Å²) in [5.41, 5.74) is 0. The third-order valence-electron chi connectivity index (χ3n) is 4.58. The average molecular weight is 415 g/mol. The minimum absolute atomic E-state index is 0.00408. The molecule has 0 unspecified atom stereocenters. The molecule has 0 aromatic carbocycles. The van der Waals surface area contributed by atoms with Crippen molar-refractivity contribution in [3.05, 3.63) is 21.9 Å². The van der Waals surface area contributed by atoms with E-state index in [1.54, 1.807) is 6.07 Å². The average Bonchev–Trinajstić information content (AvgIpc) is 3.28. The standard InChI is InChI=1S/C17H26N4O4S2/c1-27(24,25)18-7-6-14-4-5-15(26-14)17(23)21-10-8-20(9-11-21)12-16(22)19-13-2-3-13/h4-5,13,18H,2-3,6-12H2,1H3,(H,19,22). The highest BCUT2D eigenvalue weighted by atomic mass is 32.2. The van der Waals surface area contributed by atoms with Gasteiger partial charge in [-0.25, -0.2) is 13.1 Å². The van der Waals surface area contributed by atoms with Crippen LogP contribution in [0.2, 0.25) is 0 Å². The summed E-state index contributed by atoms with van der Waals surface area (Å²) in [7, 11) is -3.19. The molecule has 0 bridgehead atoms. The van der Waals surface area contributed by atoms with Gasteiger partial charge in [-0.15, -0.1) is 11.3 Å². The highest BCUT2D eigenvalue weighted by Crippen LogP contribution is 2.20. The lowest BCUT2D eigenvalue weighted by molar-refractivity contribution is -0.122. The van der Waals surface area contributed by atoms with Crippen molar-refractivity contribution in [2.45, 2.75) is 25.3 Å². The van der Waals surface area contributed by atoms with E-state index >= 15 is 0 Å². The smallest absolute Gasteiger partial charge is 0.264 e. The van der Waals surface area contributed by atoms with Crippen molar-refractivity contribution < 1.29 is 18.0 Å². The van der Waals surface area contributed by atoms with Gasteiger partial charge < -0.3 is 10.2 Å². The van der Waals surface area contributed by atoms with Crippen LogP contribution in [0.5, 0.6) is 0 Å². The molecule has 10 heteroatoms. The second-order valence-electron chi connectivity index (χ2n) is 7.09. The van der Waals surface area contributed by atoms with Crippen LogP contribution in [0.3, 0.4) is 0 Å². The number of rotatable bonds is 8. The van der Waals surface area contributed by atoms with E-state index in [0.717, 1.165) is 24.0 Å². The molecule has 0 spiro atoms. The minimum atomic E-state index is -3.19. The lowest BCUT2D eigenvalue weighted by Gasteiger charge is -2.34. The van der Waals surface area contributed by atoms with Gasteiger partial charge in [-0.05, 0) is 31.4 Å². The molecule has 0 radical (unpaired) electrons. The lowest BCUT2D eigenvalue weighted by Crippen LogP contribution is -2.51. The van der Waals surface area contributed by atoms with Gasteiger partial charge in [-0.3, -0.25) is 14.5 Å². The summed E-state index contributed by atoms with van der Waals surface area (Å²) in [5.74, 6) is 0.0762. The van der Waals surface area contributed by atoms with Crippen LogP contribution < -0.4 is 10.0 Å². The zero-order valence-electron chi connectivity index (χ0n) is 15.4. The molecule has 1 aliphatic heterocycles. The number of carbonyl (C=O) groups is 2. The Morgan fingerprint density at radius 3 is 2.52 bits per heavy atom. The van der Waals surface area contributed by atoms with Crippen LogP contribution >= 0.6 is 11.3 Å². The van der Waals surface area contributed by atoms with E-state index in [2.05, 4.69) is 14.9 Å². The molecular weight excluding hydrogens is 388 g/mol. The van der Waals surface area contributed by atoms with Crippen molar-refractivity contribution >= 4 is 33.2 Å². The number of amides is 2. The van der Waals surface area contributed by atoms with Crippen molar-refractivity contribution in [1.29, 1.82) is 0 Å². The first-order valence-corrected chi connectivity index (χ1v) is 11.9. The first-order chi connectivity index (χ1) is 12.8. The molecule has 0 atom stereocenters. The summed E-state index contributed by atoms with van der Waals surface area (Å²) in [6.45, 7) is 3.33. The highest BCUT2D eigenvalue weighted by molar-refractivity contribution is 7.88. The summed E-state index contributed by atoms with van der Waals surface area (Å²) in [4.78, 5) is 30.1. The summed E-state index contributed by atoms with van der Waals surface area (Å²) in [5, 5.41) is 2.99. The van der Waals surface area contributed by atoms with Gasteiger partial charge in [0.1, 0.15) is 0 Å². The lowest BCUT2D eigenvalue weighted by atomic mass is 10.2. The molecule has 8 nitrogen and oxygen atoms in total. The van der Waals surface area contributed by atoms with Crippen LogP contribution in [-0.4, -0.2) is 81.6 Å². The Morgan fingerprint density at radius 1 is 1.19 bits per heavy atom. The number of thiophene rings is 1. The molecule has 1 aliphatic carbocycles. The molecule has 1 aromatic rings. The fraction of sp³-hybridized carbons (Fsp3) is 0.647. The van der Waals surface area contributed by atoms with Crippen LogP contribution in [-0.2, 0) is 21.2 Å². The van der Waals surface area contributed by atoms with Gasteiger partial charge in [0.2, 0.25) is 15.9 Å². The van der Waals surface area contributed by atoms with E-state index in [1.165, 1.54) is 11.3 Å². The van der Waals surface area contributed by atoms with Gasteiger partial charge in [0, 0.05) is 43.6 Å². The minimum Gasteiger partial charge on any atom is -0.352 e. The molecule has 2 fully saturated rings.